The molecular weight excluding hydrogens is 486 g/mol. The number of nitrogens with zero attached hydrogens (tertiary/aromatic N) is 2. The Morgan fingerprint density at radius 1 is 1.00 bits per heavy atom. The van der Waals surface area contributed by atoms with Crippen LogP contribution in [0.4, 0.5) is 10.5 Å². The van der Waals surface area contributed by atoms with Crippen LogP contribution in [0, 0.1) is 5.41 Å². The summed E-state index contributed by atoms with van der Waals surface area (Å²) in [5, 5.41) is 2.68. The number of ether oxygens (including phenoxy) is 2. The molecule has 1 aromatic heterocycles. The molecule has 1 heterocycles. The van der Waals surface area contributed by atoms with Crippen LogP contribution in [0.2, 0.25) is 0 Å². The van der Waals surface area contributed by atoms with Crippen molar-refractivity contribution in [3.63, 3.8) is 0 Å². The fourth-order valence-electron chi connectivity index (χ4n) is 2.88. The number of benzene rings is 2. The van der Waals surface area contributed by atoms with Crippen LogP contribution < -0.4 is 10.1 Å². The molecule has 1 N–H and O–H groups in total. The smallest absolute Gasteiger partial charge is 0.412 e. The molecule has 0 aliphatic rings. The van der Waals surface area contributed by atoms with Crippen LogP contribution in [0.5, 0.6) is 5.75 Å². The molecule has 1 amide bonds. The maximum Gasteiger partial charge on any atom is 0.412 e. The van der Waals surface area contributed by atoms with Gasteiger partial charge in [0.1, 0.15) is 6.61 Å². The second-order valence-electron chi connectivity index (χ2n) is 8.63. The first-order chi connectivity index (χ1) is 15.7. The molecule has 0 bridgehead atoms. The first kappa shape index (κ1) is 24.4. The Bertz CT molecular complexity index is 1100. The van der Waals surface area contributed by atoms with Crippen LogP contribution in [0.1, 0.15) is 39.2 Å². The lowest BCUT2D eigenvalue weighted by atomic mass is 9.91. The van der Waals surface area contributed by atoms with E-state index in [1.165, 1.54) is 0 Å². The summed E-state index contributed by atoms with van der Waals surface area (Å²) in [5.41, 5.74) is 1.61. The molecule has 3 aromatic rings. The maximum absolute atomic E-state index is 12.6. The molecule has 0 unspecified atom stereocenters. The average Bonchev–Trinajstić information content (AvgIpc) is 2.78. The molecule has 0 aliphatic heterocycles. The van der Waals surface area contributed by atoms with Crippen LogP contribution in [0.15, 0.2) is 65.4 Å². The zero-order valence-corrected chi connectivity index (χ0v) is 20.4. The largest absolute Gasteiger partial charge is 0.444 e. The standard InChI is InChI=1S/C25H26BrN3O4/c1-25(2,3)13-12-21(30)33-22-19(23-27-14-18(26)15-28-23)10-7-11-20(22)29-24(31)32-16-17-8-5-4-6-9-17/h4-11,14-15H,12-13,16H2,1-3H3,(H,29,31). The first-order valence-electron chi connectivity index (χ1n) is 10.5. The van der Waals surface area contributed by atoms with Crippen molar-refractivity contribution in [1.82, 2.24) is 9.97 Å². The number of aromatic nitrogens is 2. The van der Waals surface area contributed by atoms with Gasteiger partial charge < -0.3 is 9.47 Å². The number of carbonyl (C=O) groups is 2. The summed E-state index contributed by atoms with van der Waals surface area (Å²) < 4.78 is 11.8. The number of rotatable bonds is 7. The minimum atomic E-state index is -0.667. The van der Waals surface area contributed by atoms with Crippen molar-refractivity contribution in [2.24, 2.45) is 5.41 Å². The zero-order valence-electron chi connectivity index (χ0n) is 18.8. The Labute approximate surface area is 201 Å². The highest BCUT2D eigenvalue weighted by atomic mass is 79.9. The summed E-state index contributed by atoms with van der Waals surface area (Å²) in [6.07, 6.45) is 3.42. The Hall–Kier alpha value is -3.26. The quantitative estimate of drug-likeness (QED) is 0.292. The maximum atomic E-state index is 12.6. The summed E-state index contributed by atoms with van der Waals surface area (Å²) in [5.74, 6) is 0.128. The highest BCUT2D eigenvalue weighted by Gasteiger charge is 2.21. The van der Waals surface area contributed by atoms with Crippen molar-refractivity contribution in [2.75, 3.05) is 5.32 Å². The number of para-hydroxylation sites is 1. The van der Waals surface area contributed by atoms with E-state index in [9.17, 15) is 9.59 Å². The van der Waals surface area contributed by atoms with Crippen LogP contribution in [0.3, 0.4) is 0 Å². The van der Waals surface area contributed by atoms with E-state index in [0.29, 0.717) is 28.0 Å². The van der Waals surface area contributed by atoms with E-state index < -0.39 is 12.1 Å². The fourth-order valence-corrected chi connectivity index (χ4v) is 3.09. The summed E-state index contributed by atoms with van der Waals surface area (Å²) in [6.45, 7) is 6.28. The van der Waals surface area contributed by atoms with Crippen LogP contribution >= 0.6 is 15.9 Å². The van der Waals surface area contributed by atoms with E-state index in [2.05, 4.69) is 52.0 Å². The van der Waals surface area contributed by atoms with Gasteiger partial charge in [-0.3, -0.25) is 10.1 Å². The normalized spacial score (nSPS) is 11.0. The molecule has 0 saturated carbocycles. The third kappa shape index (κ3) is 7.68. The Balaban J connectivity index is 1.83. The van der Waals surface area contributed by atoms with E-state index in [1.807, 2.05) is 30.3 Å². The fraction of sp³-hybridized carbons (Fsp3) is 0.280. The summed E-state index contributed by atoms with van der Waals surface area (Å²) in [6, 6.07) is 14.4. The number of nitrogens with one attached hydrogen (secondary N) is 1. The van der Waals surface area contributed by atoms with Crippen molar-refractivity contribution in [1.29, 1.82) is 0 Å². The summed E-state index contributed by atoms with van der Waals surface area (Å²) in [4.78, 5) is 33.7. The van der Waals surface area contributed by atoms with E-state index in [0.717, 1.165) is 5.56 Å². The van der Waals surface area contributed by atoms with Gasteiger partial charge in [0.05, 0.1) is 15.7 Å². The van der Waals surface area contributed by atoms with Crippen molar-refractivity contribution >= 4 is 33.7 Å². The van der Waals surface area contributed by atoms with Crippen molar-refractivity contribution in [3.05, 3.63) is 71.0 Å². The molecule has 0 saturated heterocycles. The minimum Gasteiger partial charge on any atom is -0.444 e. The van der Waals surface area contributed by atoms with Gasteiger partial charge in [0.2, 0.25) is 0 Å². The van der Waals surface area contributed by atoms with Gasteiger partial charge >= 0.3 is 12.1 Å². The van der Waals surface area contributed by atoms with Gasteiger partial charge in [-0.1, -0.05) is 57.2 Å². The SMILES string of the molecule is CC(C)(C)CCC(=O)Oc1c(NC(=O)OCc2ccccc2)cccc1-c1ncc(Br)cn1. The molecule has 2 aromatic carbocycles. The third-order valence-corrected chi connectivity index (χ3v) is 5.03. The predicted molar refractivity (Wildman–Crippen MR) is 130 cm³/mol. The molecule has 172 valence electrons. The predicted octanol–water partition coefficient (Wildman–Crippen LogP) is 6.39. The zero-order chi connectivity index (χ0) is 23.8. The van der Waals surface area contributed by atoms with Gasteiger partial charge in [-0.15, -0.1) is 0 Å². The topological polar surface area (TPSA) is 90.4 Å². The van der Waals surface area contributed by atoms with Gasteiger partial charge in [-0.25, -0.2) is 14.8 Å². The number of halogens is 1. The molecule has 7 nitrogen and oxygen atoms in total. The lowest BCUT2D eigenvalue weighted by molar-refractivity contribution is -0.134. The molecule has 0 radical (unpaired) electrons. The molecule has 0 fully saturated rings. The average molecular weight is 512 g/mol. The summed E-state index contributed by atoms with van der Waals surface area (Å²) in [7, 11) is 0. The lowest BCUT2D eigenvalue weighted by Gasteiger charge is -2.18. The van der Waals surface area contributed by atoms with Crippen LogP contribution in [0.25, 0.3) is 11.4 Å². The monoisotopic (exact) mass is 511 g/mol. The van der Waals surface area contributed by atoms with Gasteiger partial charge in [0.25, 0.3) is 0 Å². The molecule has 8 heteroatoms. The molecule has 0 aliphatic carbocycles. The van der Waals surface area contributed by atoms with Gasteiger partial charge in [0, 0.05) is 18.8 Å². The second-order valence-corrected chi connectivity index (χ2v) is 9.54. The minimum absolute atomic E-state index is 0.0182. The Morgan fingerprint density at radius 2 is 1.70 bits per heavy atom. The van der Waals surface area contributed by atoms with E-state index in [-0.39, 0.29) is 24.2 Å². The van der Waals surface area contributed by atoms with Gasteiger partial charge in [-0.2, -0.15) is 0 Å². The van der Waals surface area contributed by atoms with Crippen LogP contribution in [-0.2, 0) is 16.1 Å². The Kier molecular flexibility index (Phi) is 8.16. The number of esters is 1. The van der Waals surface area contributed by atoms with Gasteiger partial charge in [-0.05, 0) is 45.5 Å². The van der Waals surface area contributed by atoms with E-state index in [4.69, 9.17) is 9.47 Å². The van der Waals surface area contributed by atoms with Crippen LogP contribution in [-0.4, -0.2) is 22.0 Å². The number of hydrogen-bond donors (Lipinski definition) is 1. The highest BCUT2D eigenvalue weighted by Crippen LogP contribution is 2.36. The molecule has 3 rings (SSSR count). The number of amides is 1. The summed E-state index contributed by atoms with van der Waals surface area (Å²) >= 11 is 3.32. The van der Waals surface area contributed by atoms with Crippen molar-refractivity contribution in [2.45, 2.75) is 40.2 Å². The Morgan fingerprint density at radius 3 is 2.36 bits per heavy atom. The number of carbonyl (C=O) groups excluding carboxylic acids is 2. The molecule has 0 spiro atoms. The van der Waals surface area contributed by atoms with Gasteiger partial charge in [0.15, 0.2) is 11.6 Å². The molecular formula is C25H26BrN3O4. The highest BCUT2D eigenvalue weighted by molar-refractivity contribution is 9.10. The number of anilines is 1. The second kappa shape index (κ2) is 11.0. The third-order valence-electron chi connectivity index (χ3n) is 4.62. The van der Waals surface area contributed by atoms with Crippen molar-refractivity contribution < 1.29 is 19.1 Å². The first-order valence-corrected chi connectivity index (χ1v) is 11.3. The molecule has 33 heavy (non-hydrogen) atoms. The van der Waals surface area contributed by atoms with E-state index in [1.54, 1.807) is 30.6 Å². The van der Waals surface area contributed by atoms with Crippen molar-refractivity contribution in [3.8, 4) is 17.1 Å². The number of hydrogen-bond acceptors (Lipinski definition) is 6. The van der Waals surface area contributed by atoms with E-state index >= 15 is 0 Å². The lowest BCUT2D eigenvalue weighted by Crippen LogP contribution is -2.17. The molecule has 0 atom stereocenters.